The summed E-state index contributed by atoms with van der Waals surface area (Å²) in [5.74, 6) is -2.54. The fourth-order valence-electron chi connectivity index (χ4n) is 2.34. The minimum atomic E-state index is -1.30. The van der Waals surface area contributed by atoms with Gasteiger partial charge >= 0.3 is 0 Å². The maximum Gasteiger partial charge on any atom is 0.263 e. The Morgan fingerprint density at radius 3 is 2.54 bits per heavy atom. The average Bonchev–Trinajstić information content (AvgIpc) is 2.99. The first-order valence-corrected chi connectivity index (χ1v) is 8.97. The fourth-order valence-corrected chi connectivity index (χ4v) is 3.22. The molecular formula is C17H19N6O4S-. The third-order valence-corrected chi connectivity index (χ3v) is 4.58. The number of rotatable bonds is 8. The van der Waals surface area contributed by atoms with Crippen LogP contribution >= 0.6 is 11.3 Å². The molecule has 0 spiro atoms. The van der Waals surface area contributed by atoms with Gasteiger partial charge in [-0.05, 0) is 12.5 Å². The normalized spacial score (nSPS) is 11.3. The molecule has 0 radical (unpaired) electrons. The number of amides is 2. The molecule has 0 saturated heterocycles. The van der Waals surface area contributed by atoms with Crippen molar-refractivity contribution in [1.29, 1.82) is 0 Å². The van der Waals surface area contributed by atoms with Crippen molar-refractivity contribution in [2.24, 2.45) is 16.5 Å². The van der Waals surface area contributed by atoms with Crippen molar-refractivity contribution in [2.75, 3.05) is 6.54 Å². The number of carboxylic acid groups (broad SMARTS) is 1. The van der Waals surface area contributed by atoms with E-state index in [-0.39, 0.29) is 28.9 Å². The number of carbonyl (C=O) groups excluding carboxylic acids is 3. The molecule has 1 heterocycles. The Balaban J connectivity index is 1.98. The first-order chi connectivity index (χ1) is 13.3. The quantitative estimate of drug-likeness (QED) is 0.325. The molecule has 0 saturated carbocycles. The number of aryl methyl sites for hydroxylation is 1. The van der Waals surface area contributed by atoms with Gasteiger partial charge in [0.25, 0.3) is 5.91 Å². The lowest BCUT2D eigenvalue weighted by molar-refractivity contribution is -0.306. The Morgan fingerprint density at radius 2 is 1.93 bits per heavy atom. The summed E-state index contributed by atoms with van der Waals surface area (Å²) in [6, 6.07) is 7.85. The van der Waals surface area contributed by atoms with Crippen LogP contribution in [0.4, 0.5) is 5.13 Å². The monoisotopic (exact) mass is 403 g/mol. The number of nitrogens with zero attached hydrogens (tertiary/aromatic N) is 2. The lowest BCUT2D eigenvalue weighted by Crippen LogP contribution is -2.40. The summed E-state index contributed by atoms with van der Waals surface area (Å²) in [5, 5.41) is 16.2. The van der Waals surface area contributed by atoms with E-state index in [1.54, 1.807) is 37.3 Å². The highest BCUT2D eigenvalue weighted by molar-refractivity contribution is 7.17. The van der Waals surface area contributed by atoms with E-state index in [1.165, 1.54) is 0 Å². The number of hydrogen-bond acceptors (Lipinski definition) is 7. The van der Waals surface area contributed by atoms with Gasteiger partial charge in [0.1, 0.15) is 4.88 Å². The number of nitrogens with one attached hydrogen (secondary N) is 2. The average molecular weight is 403 g/mol. The second-order valence-corrected chi connectivity index (χ2v) is 6.71. The topological polar surface area (TPSA) is 176 Å². The van der Waals surface area contributed by atoms with Crippen LogP contribution in [0.3, 0.4) is 0 Å². The van der Waals surface area contributed by atoms with Crippen molar-refractivity contribution in [2.45, 2.75) is 19.4 Å². The van der Waals surface area contributed by atoms with Crippen LogP contribution in [0.15, 0.2) is 35.3 Å². The van der Waals surface area contributed by atoms with Gasteiger partial charge in [-0.1, -0.05) is 41.7 Å². The van der Waals surface area contributed by atoms with E-state index in [0.29, 0.717) is 11.3 Å². The zero-order valence-corrected chi connectivity index (χ0v) is 15.8. The third-order valence-electron chi connectivity index (χ3n) is 3.53. The number of hydrogen-bond donors (Lipinski definition) is 4. The van der Waals surface area contributed by atoms with Gasteiger partial charge in [-0.25, -0.2) is 4.98 Å². The van der Waals surface area contributed by atoms with E-state index in [9.17, 15) is 19.5 Å². The van der Waals surface area contributed by atoms with E-state index >= 15 is 0 Å². The molecule has 2 aromatic rings. The van der Waals surface area contributed by atoms with Crippen LogP contribution in [0.2, 0.25) is 0 Å². The second kappa shape index (κ2) is 9.46. The predicted octanol–water partition coefficient (Wildman–Crippen LogP) is -0.916. The molecule has 2 amide bonds. The van der Waals surface area contributed by atoms with Crippen LogP contribution in [-0.4, -0.2) is 35.3 Å². The van der Waals surface area contributed by atoms with Gasteiger partial charge in [-0.15, -0.1) is 0 Å². The van der Waals surface area contributed by atoms with E-state index in [4.69, 9.17) is 11.5 Å². The predicted molar refractivity (Wildman–Crippen MR) is 102 cm³/mol. The molecule has 0 aliphatic carbocycles. The second-order valence-electron chi connectivity index (χ2n) is 5.74. The van der Waals surface area contributed by atoms with E-state index in [1.807, 2.05) is 0 Å². The number of carboxylic acids is 1. The number of aliphatic imine (C=N–C) groups is 1. The van der Waals surface area contributed by atoms with Crippen molar-refractivity contribution in [1.82, 2.24) is 15.6 Å². The Labute approximate surface area is 164 Å². The minimum absolute atomic E-state index is 0.181. The number of guanidine groups is 1. The van der Waals surface area contributed by atoms with Gasteiger partial charge in [-0.2, -0.15) is 4.99 Å². The number of carbonyl (C=O) groups is 3. The number of benzene rings is 1. The van der Waals surface area contributed by atoms with Gasteiger partial charge in [0.15, 0.2) is 5.96 Å². The Bertz CT molecular complexity index is 892. The van der Waals surface area contributed by atoms with Crippen molar-refractivity contribution < 1.29 is 19.5 Å². The summed E-state index contributed by atoms with van der Waals surface area (Å²) in [6.45, 7) is 1.27. The molecule has 1 unspecified atom stereocenters. The molecule has 1 atom stereocenters. The van der Waals surface area contributed by atoms with E-state index in [2.05, 4.69) is 20.6 Å². The Hall–Kier alpha value is -3.47. The summed E-state index contributed by atoms with van der Waals surface area (Å²) in [7, 11) is 0. The van der Waals surface area contributed by atoms with Crippen LogP contribution in [0.1, 0.15) is 33.4 Å². The maximum absolute atomic E-state index is 12.3. The molecule has 0 aliphatic rings. The summed E-state index contributed by atoms with van der Waals surface area (Å²) < 4.78 is 0. The standard InChI is InChI=1S/C17H20N6O4S/c1-9-14(28-17(21-9)23-16(18)19)15(27)20-8-12(24)22-11(7-13(25)26)10-5-3-2-4-6-10/h2-6,11H,7-8H2,1H3,(H,20,27)(H,22,24)(H,25,26)(H4,18,19,21,23)/p-1. The molecular weight excluding hydrogens is 384 g/mol. The van der Waals surface area contributed by atoms with Gasteiger partial charge < -0.3 is 32.0 Å². The number of nitrogens with two attached hydrogens (primary N) is 2. The molecule has 10 nitrogen and oxygen atoms in total. The highest BCUT2D eigenvalue weighted by atomic mass is 32.1. The molecule has 0 aliphatic heterocycles. The highest BCUT2D eigenvalue weighted by Crippen LogP contribution is 2.24. The lowest BCUT2D eigenvalue weighted by Gasteiger charge is -2.20. The molecule has 1 aromatic heterocycles. The summed E-state index contributed by atoms with van der Waals surface area (Å²) in [5.41, 5.74) is 11.6. The van der Waals surface area contributed by atoms with Gasteiger partial charge in [0.05, 0.1) is 18.3 Å². The molecule has 0 bridgehead atoms. The van der Waals surface area contributed by atoms with Crippen molar-refractivity contribution in [3.05, 3.63) is 46.5 Å². The molecule has 11 heteroatoms. The van der Waals surface area contributed by atoms with Gasteiger partial charge in [-0.3, -0.25) is 9.59 Å². The SMILES string of the molecule is Cc1nc(N=C(N)N)sc1C(=O)NCC(=O)NC(CC(=O)[O-])c1ccccc1. The van der Waals surface area contributed by atoms with Gasteiger partial charge in [0, 0.05) is 12.4 Å². The largest absolute Gasteiger partial charge is 0.550 e. The maximum atomic E-state index is 12.3. The Kier molecular flexibility index (Phi) is 7.04. The van der Waals surface area contributed by atoms with Crippen molar-refractivity contribution in [3.63, 3.8) is 0 Å². The smallest absolute Gasteiger partial charge is 0.263 e. The number of aliphatic carboxylic acids is 1. The van der Waals surface area contributed by atoms with Crippen LogP contribution in [0, 0.1) is 6.92 Å². The minimum Gasteiger partial charge on any atom is -0.550 e. The summed E-state index contributed by atoms with van der Waals surface area (Å²) >= 11 is 0.978. The van der Waals surface area contributed by atoms with E-state index < -0.39 is 23.8 Å². The first kappa shape index (κ1) is 20.8. The molecule has 2 rings (SSSR count). The van der Waals surface area contributed by atoms with E-state index in [0.717, 1.165) is 11.3 Å². The van der Waals surface area contributed by atoms with Crippen molar-refractivity contribution in [3.8, 4) is 0 Å². The Morgan fingerprint density at radius 1 is 1.25 bits per heavy atom. The molecule has 148 valence electrons. The molecule has 28 heavy (non-hydrogen) atoms. The zero-order valence-electron chi connectivity index (χ0n) is 15.0. The zero-order chi connectivity index (χ0) is 20.7. The van der Waals surface area contributed by atoms with Crippen LogP contribution in [0.25, 0.3) is 0 Å². The number of thiazole rings is 1. The lowest BCUT2D eigenvalue weighted by atomic mass is 10.0. The van der Waals surface area contributed by atoms with Crippen LogP contribution in [-0.2, 0) is 9.59 Å². The van der Waals surface area contributed by atoms with Crippen molar-refractivity contribution >= 4 is 40.2 Å². The van der Waals surface area contributed by atoms with Gasteiger partial charge in [0.2, 0.25) is 11.0 Å². The summed E-state index contributed by atoms with van der Waals surface area (Å²) in [6.07, 6.45) is -0.389. The highest BCUT2D eigenvalue weighted by Gasteiger charge is 2.18. The molecule has 1 aromatic carbocycles. The van der Waals surface area contributed by atoms with Crippen LogP contribution in [0.5, 0.6) is 0 Å². The first-order valence-electron chi connectivity index (χ1n) is 8.15. The van der Waals surface area contributed by atoms with Crippen LogP contribution < -0.4 is 27.2 Å². The molecule has 0 fully saturated rings. The fraction of sp³-hybridized carbons (Fsp3) is 0.235. The summed E-state index contributed by atoms with van der Waals surface area (Å²) in [4.78, 5) is 43.5. The molecule has 6 N–H and O–H groups in total. The number of aromatic nitrogens is 1. The third kappa shape index (κ3) is 6.06.